The number of anilines is 1. The van der Waals surface area contributed by atoms with Crippen molar-refractivity contribution in [2.45, 2.75) is 57.5 Å². The second-order valence-corrected chi connectivity index (χ2v) is 9.40. The third kappa shape index (κ3) is 5.02. The number of carbonyl (C=O) groups is 2. The average molecular weight is 470 g/mol. The van der Waals surface area contributed by atoms with Crippen molar-refractivity contribution in [3.8, 4) is 0 Å². The zero-order valence-electron chi connectivity index (χ0n) is 20.0. The molecular formula is C29H31N3O3. The van der Waals surface area contributed by atoms with E-state index in [1.165, 1.54) is 6.42 Å². The molecule has 2 aromatic heterocycles. The minimum atomic E-state index is -0.896. The largest absolute Gasteiger partial charge is 0.467 e. The van der Waals surface area contributed by atoms with Gasteiger partial charge in [-0.15, -0.1) is 0 Å². The Morgan fingerprint density at radius 2 is 1.80 bits per heavy atom. The number of para-hydroxylation sites is 1. The van der Waals surface area contributed by atoms with Crippen molar-refractivity contribution >= 4 is 28.4 Å². The number of aryl methyl sites for hydroxylation is 1. The molecule has 2 N–H and O–H groups in total. The van der Waals surface area contributed by atoms with E-state index in [0.29, 0.717) is 11.4 Å². The molecule has 35 heavy (non-hydrogen) atoms. The summed E-state index contributed by atoms with van der Waals surface area (Å²) in [4.78, 5) is 32.5. The Kier molecular flexibility index (Phi) is 6.70. The van der Waals surface area contributed by atoms with Crippen molar-refractivity contribution in [1.29, 1.82) is 0 Å². The van der Waals surface area contributed by atoms with Gasteiger partial charge in [-0.1, -0.05) is 55.2 Å². The smallest absolute Gasteiger partial charge is 0.251 e. The normalized spacial score (nSPS) is 15.1. The number of benzene rings is 2. The van der Waals surface area contributed by atoms with Crippen LogP contribution in [0.15, 0.2) is 77.5 Å². The van der Waals surface area contributed by atoms with Crippen LogP contribution in [0.4, 0.5) is 5.69 Å². The van der Waals surface area contributed by atoms with Crippen LogP contribution in [0.3, 0.4) is 0 Å². The van der Waals surface area contributed by atoms with E-state index in [1.807, 2.05) is 61.7 Å². The first-order valence-electron chi connectivity index (χ1n) is 12.4. The Morgan fingerprint density at radius 1 is 1.03 bits per heavy atom. The van der Waals surface area contributed by atoms with Crippen molar-refractivity contribution in [1.82, 2.24) is 10.3 Å². The molecule has 1 fully saturated rings. The highest BCUT2D eigenvalue weighted by atomic mass is 16.3. The van der Waals surface area contributed by atoms with Crippen LogP contribution in [-0.4, -0.2) is 22.8 Å². The van der Waals surface area contributed by atoms with E-state index in [2.05, 4.69) is 10.3 Å². The van der Waals surface area contributed by atoms with Gasteiger partial charge in [0.25, 0.3) is 5.91 Å². The van der Waals surface area contributed by atoms with Gasteiger partial charge >= 0.3 is 0 Å². The molecular weight excluding hydrogens is 438 g/mol. The standard InChI is InChI=1S/C29H31N3O3/c1-20-13-15-23(16-14-20)32(27(33)18-21-19-30-25-11-6-5-10-24(21)25)28(26-12-7-17-35-26)29(34)31-22-8-3-2-4-9-22/h5-7,10-17,19,22,28,30H,2-4,8-9,18H2,1H3,(H,31,34)/t28-/m1/s1. The molecule has 0 bridgehead atoms. The van der Waals surface area contributed by atoms with Crippen LogP contribution in [0.5, 0.6) is 0 Å². The van der Waals surface area contributed by atoms with E-state index < -0.39 is 6.04 Å². The van der Waals surface area contributed by atoms with E-state index in [9.17, 15) is 9.59 Å². The molecule has 0 spiro atoms. The van der Waals surface area contributed by atoms with Gasteiger partial charge < -0.3 is 14.7 Å². The molecule has 2 aromatic carbocycles. The number of carbonyl (C=O) groups excluding carboxylic acids is 2. The van der Waals surface area contributed by atoms with Gasteiger partial charge in [-0.2, -0.15) is 0 Å². The van der Waals surface area contributed by atoms with E-state index >= 15 is 0 Å². The van der Waals surface area contributed by atoms with Gasteiger partial charge in [-0.3, -0.25) is 14.5 Å². The summed E-state index contributed by atoms with van der Waals surface area (Å²) in [7, 11) is 0. The number of rotatable bonds is 7. The molecule has 1 aliphatic rings. The molecule has 0 aliphatic heterocycles. The maximum Gasteiger partial charge on any atom is 0.251 e. The molecule has 1 aliphatic carbocycles. The third-order valence-corrected chi connectivity index (χ3v) is 6.87. The average Bonchev–Trinajstić information content (AvgIpc) is 3.54. The fourth-order valence-electron chi connectivity index (χ4n) is 5.02. The first kappa shape index (κ1) is 23.0. The summed E-state index contributed by atoms with van der Waals surface area (Å²) in [6, 6.07) is 18.4. The number of nitrogens with zero attached hydrogens (tertiary/aromatic N) is 1. The molecule has 4 aromatic rings. The number of furan rings is 1. The lowest BCUT2D eigenvalue weighted by Crippen LogP contribution is -2.47. The second-order valence-electron chi connectivity index (χ2n) is 9.40. The van der Waals surface area contributed by atoms with Gasteiger partial charge in [0.1, 0.15) is 5.76 Å². The number of aromatic amines is 1. The number of amides is 2. The molecule has 2 heterocycles. The Labute approximate surface area is 205 Å². The molecule has 0 radical (unpaired) electrons. The van der Waals surface area contributed by atoms with Crippen molar-refractivity contribution in [2.24, 2.45) is 0 Å². The van der Waals surface area contributed by atoms with Gasteiger partial charge in [-0.05, 0) is 55.7 Å². The highest BCUT2D eigenvalue weighted by Gasteiger charge is 2.36. The quantitative estimate of drug-likeness (QED) is 0.357. The number of hydrogen-bond acceptors (Lipinski definition) is 3. The molecule has 1 atom stereocenters. The van der Waals surface area contributed by atoms with Gasteiger partial charge in [0.15, 0.2) is 6.04 Å². The molecule has 6 heteroatoms. The van der Waals surface area contributed by atoms with Crippen LogP contribution in [0, 0.1) is 6.92 Å². The number of nitrogens with one attached hydrogen (secondary N) is 2. The SMILES string of the molecule is Cc1ccc(N(C(=O)Cc2c[nH]c3ccccc23)[C@@H](C(=O)NC2CCCCC2)c2ccco2)cc1. The fraction of sp³-hybridized carbons (Fsp3) is 0.310. The minimum Gasteiger partial charge on any atom is -0.467 e. The van der Waals surface area contributed by atoms with Crippen LogP contribution < -0.4 is 10.2 Å². The number of aromatic nitrogens is 1. The lowest BCUT2D eigenvalue weighted by molar-refractivity contribution is -0.127. The summed E-state index contributed by atoms with van der Waals surface area (Å²) >= 11 is 0. The molecule has 6 nitrogen and oxygen atoms in total. The van der Waals surface area contributed by atoms with Gasteiger partial charge in [0, 0.05) is 28.8 Å². The number of fused-ring (bicyclic) bond motifs is 1. The van der Waals surface area contributed by atoms with Crippen molar-refractivity contribution in [3.05, 3.63) is 90.0 Å². The fourth-order valence-corrected chi connectivity index (χ4v) is 5.02. The first-order chi connectivity index (χ1) is 17.1. The Bertz CT molecular complexity index is 1280. The summed E-state index contributed by atoms with van der Waals surface area (Å²) in [5.41, 5.74) is 3.63. The summed E-state index contributed by atoms with van der Waals surface area (Å²) in [6.07, 6.45) is 8.93. The summed E-state index contributed by atoms with van der Waals surface area (Å²) < 4.78 is 5.73. The van der Waals surface area contributed by atoms with Crippen molar-refractivity contribution in [3.63, 3.8) is 0 Å². The Morgan fingerprint density at radius 3 is 2.54 bits per heavy atom. The summed E-state index contributed by atoms with van der Waals surface area (Å²) in [5.74, 6) is 0.0738. The second kappa shape index (κ2) is 10.2. The predicted molar refractivity (Wildman–Crippen MR) is 137 cm³/mol. The van der Waals surface area contributed by atoms with E-state index in [0.717, 1.165) is 47.7 Å². The third-order valence-electron chi connectivity index (χ3n) is 6.87. The molecule has 5 rings (SSSR count). The highest BCUT2D eigenvalue weighted by molar-refractivity contribution is 6.03. The maximum absolute atomic E-state index is 14.0. The minimum absolute atomic E-state index is 0.122. The molecule has 1 saturated carbocycles. The lowest BCUT2D eigenvalue weighted by atomic mass is 9.95. The molecule has 0 saturated heterocycles. The van der Waals surface area contributed by atoms with Crippen LogP contribution >= 0.6 is 0 Å². The van der Waals surface area contributed by atoms with E-state index in [-0.39, 0.29) is 24.3 Å². The lowest BCUT2D eigenvalue weighted by Gasteiger charge is -2.32. The predicted octanol–water partition coefficient (Wildman–Crippen LogP) is 5.84. The van der Waals surface area contributed by atoms with Crippen LogP contribution in [-0.2, 0) is 16.0 Å². The Balaban J connectivity index is 1.52. The summed E-state index contributed by atoms with van der Waals surface area (Å²) in [6.45, 7) is 2.00. The van der Waals surface area contributed by atoms with E-state index in [4.69, 9.17) is 4.42 Å². The van der Waals surface area contributed by atoms with Crippen molar-refractivity contribution < 1.29 is 14.0 Å². The van der Waals surface area contributed by atoms with Crippen molar-refractivity contribution in [2.75, 3.05) is 4.90 Å². The first-order valence-corrected chi connectivity index (χ1v) is 12.4. The monoisotopic (exact) mass is 469 g/mol. The van der Waals surface area contributed by atoms with Gasteiger partial charge in [-0.25, -0.2) is 0 Å². The number of H-pyrrole nitrogens is 1. The Hall–Kier alpha value is -3.80. The molecule has 0 unspecified atom stereocenters. The zero-order valence-corrected chi connectivity index (χ0v) is 20.0. The van der Waals surface area contributed by atoms with E-state index in [1.54, 1.807) is 23.3 Å². The molecule has 2 amide bonds. The van der Waals surface area contributed by atoms with Crippen LogP contribution in [0.25, 0.3) is 10.9 Å². The summed E-state index contributed by atoms with van der Waals surface area (Å²) in [5, 5.41) is 4.22. The number of hydrogen-bond donors (Lipinski definition) is 2. The van der Waals surface area contributed by atoms with Gasteiger partial charge in [0.2, 0.25) is 5.91 Å². The van der Waals surface area contributed by atoms with Crippen LogP contribution in [0.2, 0.25) is 0 Å². The topological polar surface area (TPSA) is 78.3 Å². The van der Waals surface area contributed by atoms with Crippen LogP contribution in [0.1, 0.15) is 55.0 Å². The van der Waals surface area contributed by atoms with Gasteiger partial charge in [0.05, 0.1) is 12.7 Å². The highest BCUT2D eigenvalue weighted by Crippen LogP contribution is 2.31. The molecule has 180 valence electrons. The zero-order chi connectivity index (χ0) is 24.2. The maximum atomic E-state index is 14.0.